The summed E-state index contributed by atoms with van der Waals surface area (Å²) in [5.41, 5.74) is 0.716. The molecule has 0 saturated carbocycles. The Morgan fingerprint density at radius 3 is 2.42 bits per heavy atom. The molecule has 5 aromatic rings. The summed E-state index contributed by atoms with van der Waals surface area (Å²) in [5, 5.41) is 2.15. The van der Waals surface area contributed by atoms with Gasteiger partial charge in [0.25, 0.3) is 0 Å². The van der Waals surface area contributed by atoms with E-state index in [1.54, 1.807) is 62.4 Å². The van der Waals surface area contributed by atoms with Crippen molar-refractivity contribution in [3.63, 3.8) is 0 Å². The van der Waals surface area contributed by atoms with E-state index in [0.717, 1.165) is 5.56 Å². The highest BCUT2D eigenvalue weighted by Crippen LogP contribution is 2.35. The average Bonchev–Trinajstić information content (AvgIpc) is 2.87. The molecule has 0 atom stereocenters. The Kier molecular flexibility index (Phi) is 5.82. The number of carbonyl (C=O) groups is 2. The molecule has 0 amide bonds. The summed E-state index contributed by atoms with van der Waals surface area (Å²) >= 11 is 0. The normalized spacial score (nSPS) is 11.5. The van der Waals surface area contributed by atoms with Crippen LogP contribution < -0.4 is 11.3 Å². The largest absolute Gasteiger partial charge is 0.462 e. The maximum absolute atomic E-state index is 12.8. The molecule has 0 radical (unpaired) electrons. The Morgan fingerprint density at radius 2 is 1.67 bits per heavy atom. The van der Waals surface area contributed by atoms with Gasteiger partial charge in [0, 0.05) is 33.2 Å². The Labute approximate surface area is 204 Å². The van der Waals surface area contributed by atoms with Gasteiger partial charge in [-0.05, 0) is 49.2 Å². The van der Waals surface area contributed by atoms with E-state index in [9.17, 15) is 19.2 Å². The lowest BCUT2D eigenvalue weighted by atomic mass is 9.96. The molecule has 0 bridgehead atoms. The molecule has 0 aliphatic rings. The molecule has 5 rings (SSSR count). The van der Waals surface area contributed by atoms with Crippen LogP contribution in [-0.4, -0.2) is 18.4 Å². The van der Waals surface area contributed by atoms with Gasteiger partial charge in [0.1, 0.15) is 16.7 Å². The molecule has 36 heavy (non-hydrogen) atoms. The van der Waals surface area contributed by atoms with Crippen molar-refractivity contribution in [3.05, 3.63) is 110 Å². The Bertz CT molecular complexity index is 1820. The quantitative estimate of drug-likeness (QED) is 0.109. The number of fused-ring (bicyclic) bond motifs is 5. The summed E-state index contributed by atoms with van der Waals surface area (Å²) < 4.78 is 16.1. The molecule has 178 valence electrons. The molecule has 2 aromatic heterocycles. The van der Waals surface area contributed by atoms with Crippen molar-refractivity contribution in [1.82, 2.24) is 0 Å². The second-order valence-corrected chi connectivity index (χ2v) is 8.23. The summed E-state index contributed by atoms with van der Waals surface area (Å²) in [4.78, 5) is 49.9. The van der Waals surface area contributed by atoms with Crippen LogP contribution >= 0.6 is 0 Å². The lowest BCUT2D eigenvalue weighted by Gasteiger charge is -2.11. The van der Waals surface area contributed by atoms with Gasteiger partial charge < -0.3 is 13.6 Å². The van der Waals surface area contributed by atoms with Gasteiger partial charge in [-0.15, -0.1) is 0 Å². The highest BCUT2D eigenvalue weighted by molar-refractivity contribution is 6.18. The molecule has 0 N–H and O–H groups in total. The predicted octanol–water partition coefficient (Wildman–Crippen LogP) is 5.43. The zero-order chi connectivity index (χ0) is 25.4. The molecule has 0 aliphatic carbocycles. The van der Waals surface area contributed by atoms with Crippen molar-refractivity contribution < 1.29 is 23.2 Å². The highest BCUT2D eigenvalue weighted by Gasteiger charge is 2.19. The molecular formula is C29H20O7. The van der Waals surface area contributed by atoms with Crippen LogP contribution in [0.3, 0.4) is 0 Å². The third-order valence-electron chi connectivity index (χ3n) is 5.91. The van der Waals surface area contributed by atoms with E-state index in [-0.39, 0.29) is 23.5 Å². The first-order valence-electron chi connectivity index (χ1n) is 11.3. The summed E-state index contributed by atoms with van der Waals surface area (Å²) in [6, 6.07) is 16.8. The fraction of sp³-hybridized carbons (Fsp3) is 0.103. The first-order chi connectivity index (χ1) is 17.4. The Hall–Kier alpha value is -4.78. The molecule has 7 heteroatoms. The molecule has 0 fully saturated rings. The third-order valence-corrected chi connectivity index (χ3v) is 5.91. The van der Waals surface area contributed by atoms with E-state index in [0.29, 0.717) is 38.3 Å². The number of rotatable bonds is 5. The summed E-state index contributed by atoms with van der Waals surface area (Å²) in [6.45, 7) is 3.54. The Balaban J connectivity index is 1.84. The van der Waals surface area contributed by atoms with Gasteiger partial charge in [-0.2, -0.15) is 0 Å². The van der Waals surface area contributed by atoms with Crippen molar-refractivity contribution in [2.45, 2.75) is 13.8 Å². The molecule has 3 aromatic carbocycles. The van der Waals surface area contributed by atoms with E-state index in [4.69, 9.17) is 13.6 Å². The van der Waals surface area contributed by atoms with Crippen LogP contribution in [-0.2, 0) is 4.74 Å². The molecule has 0 spiro atoms. The van der Waals surface area contributed by atoms with Crippen LogP contribution in [0.15, 0.2) is 85.2 Å². The van der Waals surface area contributed by atoms with Gasteiger partial charge in [-0.3, -0.25) is 4.79 Å². The van der Waals surface area contributed by atoms with Gasteiger partial charge in [-0.25, -0.2) is 14.4 Å². The lowest BCUT2D eigenvalue weighted by Crippen LogP contribution is -2.16. The molecule has 0 unspecified atom stereocenters. The fourth-order valence-corrected chi connectivity index (χ4v) is 4.25. The third kappa shape index (κ3) is 4.01. The lowest BCUT2D eigenvalue weighted by molar-refractivity contribution is 0.0521. The van der Waals surface area contributed by atoms with Crippen molar-refractivity contribution in [1.29, 1.82) is 0 Å². The van der Waals surface area contributed by atoms with E-state index in [1.807, 2.05) is 6.07 Å². The number of carbonyl (C=O) groups excluding carboxylic acids is 2. The SMILES string of the molecule is CCOC(=O)c1cc2cc(/C=C/C(=O)c3ccccc3)c3c(ccc4c(C)cc(=O)oc43)c2oc1=O. The van der Waals surface area contributed by atoms with Crippen molar-refractivity contribution in [3.8, 4) is 0 Å². The average molecular weight is 480 g/mol. The number of esters is 1. The van der Waals surface area contributed by atoms with E-state index >= 15 is 0 Å². The monoisotopic (exact) mass is 480 g/mol. The number of ether oxygens (including phenoxy) is 1. The molecule has 0 aliphatic heterocycles. The predicted molar refractivity (Wildman–Crippen MR) is 137 cm³/mol. The summed E-state index contributed by atoms with van der Waals surface area (Å²) in [5.74, 6) is -1.00. The van der Waals surface area contributed by atoms with Crippen LogP contribution in [0.5, 0.6) is 0 Å². The zero-order valence-electron chi connectivity index (χ0n) is 19.5. The molecule has 7 nitrogen and oxygen atoms in total. The van der Waals surface area contributed by atoms with Gasteiger partial charge in [0.15, 0.2) is 5.78 Å². The van der Waals surface area contributed by atoms with E-state index in [2.05, 4.69) is 0 Å². The zero-order valence-corrected chi connectivity index (χ0v) is 19.5. The topological polar surface area (TPSA) is 104 Å². The number of benzene rings is 3. The smallest absolute Gasteiger partial charge is 0.351 e. The van der Waals surface area contributed by atoms with Crippen LogP contribution in [0.2, 0.25) is 0 Å². The first-order valence-corrected chi connectivity index (χ1v) is 11.3. The van der Waals surface area contributed by atoms with E-state index in [1.165, 1.54) is 18.2 Å². The number of hydrogen-bond donors (Lipinski definition) is 0. The van der Waals surface area contributed by atoms with Crippen molar-refractivity contribution in [2.75, 3.05) is 6.61 Å². The summed E-state index contributed by atoms with van der Waals surface area (Å²) in [7, 11) is 0. The summed E-state index contributed by atoms with van der Waals surface area (Å²) in [6.07, 6.45) is 3.04. The van der Waals surface area contributed by atoms with E-state index < -0.39 is 17.2 Å². The minimum atomic E-state index is -0.837. The maximum atomic E-state index is 12.8. The minimum absolute atomic E-state index is 0.105. The highest BCUT2D eigenvalue weighted by atomic mass is 16.5. The van der Waals surface area contributed by atoms with Crippen molar-refractivity contribution >= 4 is 50.5 Å². The standard InChI is InChI=1S/C29H20O7/c1-3-34-28(32)22-15-19-14-18(9-12-23(30)17-7-5-4-6-8-17)25-21(26(19)36-29(22)33)11-10-20-16(2)13-24(31)35-27(20)25/h4-15H,3H2,1-2H3/b12-9+. The number of allylic oxidation sites excluding steroid dienone is 1. The minimum Gasteiger partial charge on any atom is -0.462 e. The second kappa shape index (κ2) is 9.11. The molecule has 0 saturated heterocycles. The van der Waals surface area contributed by atoms with Crippen molar-refractivity contribution in [2.24, 2.45) is 0 Å². The number of ketones is 1. The van der Waals surface area contributed by atoms with Crippen LogP contribution in [0.1, 0.15) is 38.8 Å². The molecular weight excluding hydrogens is 460 g/mol. The van der Waals surface area contributed by atoms with Gasteiger partial charge >= 0.3 is 17.2 Å². The van der Waals surface area contributed by atoms with Gasteiger partial charge in [0.05, 0.1) is 6.61 Å². The Morgan fingerprint density at radius 1 is 0.917 bits per heavy atom. The van der Waals surface area contributed by atoms with Gasteiger partial charge in [-0.1, -0.05) is 42.5 Å². The van der Waals surface area contributed by atoms with Crippen LogP contribution in [0, 0.1) is 6.92 Å². The second-order valence-electron chi connectivity index (χ2n) is 8.23. The number of hydrogen-bond acceptors (Lipinski definition) is 7. The number of aryl methyl sites for hydroxylation is 1. The van der Waals surface area contributed by atoms with Crippen LogP contribution in [0.25, 0.3) is 38.8 Å². The van der Waals surface area contributed by atoms with Gasteiger partial charge in [0.2, 0.25) is 0 Å². The fourth-order valence-electron chi connectivity index (χ4n) is 4.25. The molecule has 2 heterocycles. The van der Waals surface area contributed by atoms with Crippen LogP contribution in [0.4, 0.5) is 0 Å². The maximum Gasteiger partial charge on any atom is 0.351 e. The first kappa shape index (κ1) is 23.0.